The highest BCUT2D eigenvalue weighted by atomic mass is 16.2. The van der Waals surface area contributed by atoms with E-state index in [1.165, 1.54) is 18.5 Å². The van der Waals surface area contributed by atoms with Crippen molar-refractivity contribution in [1.82, 2.24) is 14.7 Å². The standard InChI is InChI=1S/C21H30N4O/c1-21(2,3)25-19(17-10-11-17)14-18(23-25)20(26)24(13-7-12-22)15-16-8-5-4-6-9-16/h4-6,8-9,14,17H,7,10-13,15,22H2,1-3H3. The van der Waals surface area contributed by atoms with Crippen molar-refractivity contribution < 1.29 is 4.79 Å². The van der Waals surface area contributed by atoms with Gasteiger partial charge < -0.3 is 10.6 Å². The molecule has 1 amide bonds. The van der Waals surface area contributed by atoms with Crippen molar-refractivity contribution in [2.75, 3.05) is 13.1 Å². The number of hydrogen-bond acceptors (Lipinski definition) is 3. The quantitative estimate of drug-likeness (QED) is 0.827. The SMILES string of the molecule is CC(C)(C)n1nc(C(=O)N(CCCN)Cc2ccccc2)cc1C1CC1. The number of nitrogens with two attached hydrogens (primary N) is 1. The minimum Gasteiger partial charge on any atom is -0.333 e. The Balaban J connectivity index is 1.86. The average Bonchev–Trinajstić information content (AvgIpc) is 3.35. The molecule has 0 spiro atoms. The molecule has 0 bridgehead atoms. The third kappa shape index (κ3) is 4.33. The number of amides is 1. The van der Waals surface area contributed by atoms with Crippen molar-refractivity contribution in [3.63, 3.8) is 0 Å². The lowest BCUT2D eigenvalue weighted by Gasteiger charge is -2.23. The topological polar surface area (TPSA) is 64.2 Å². The summed E-state index contributed by atoms with van der Waals surface area (Å²) < 4.78 is 2.04. The first kappa shape index (κ1) is 18.6. The molecule has 1 aromatic carbocycles. The molecule has 0 saturated heterocycles. The maximum atomic E-state index is 13.2. The molecule has 0 unspecified atom stereocenters. The fraction of sp³-hybridized carbons (Fsp3) is 0.524. The van der Waals surface area contributed by atoms with E-state index in [0.29, 0.717) is 31.2 Å². The van der Waals surface area contributed by atoms with E-state index < -0.39 is 0 Å². The summed E-state index contributed by atoms with van der Waals surface area (Å²) in [5.74, 6) is 0.544. The van der Waals surface area contributed by atoms with E-state index in [0.717, 1.165) is 12.0 Å². The van der Waals surface area contributed by atoms with Gasteiger partial charge in [-0.2, -0.15) is 5.10 Å². The van der Waals surface area contributed by atoms with Crippen molar-refractivity contribution in [3.05, 3.63) is 53.3 Å². The highest BCUT2D eigenvalue weighted by Crippen LogP contribution is 2.41. The molecule has 1 aromatic heterocycles. The van der Waals surface area contributed by atoms with Crippen LogP contribution in [0.5, 0.6) is 0 Å². The van der Waals surface area contributed by atoms with Gasteiger partial charge in [0, 0.05) is 24.7 Å². The Morgan fingerprint density at radius 3 is 2.54 bits per heavy atom. The summed E-state index contributed by atoms with van der Waals surface area (Å²) >= 11 is 0. The predicted molar refractivity (Wildman–Crippen MR) is 104 cm³/mol. The van der Waals surface area contributed by atoms with E-state index in [4.69, 9.17) is 10.8 Å². The number of hydrogen-bond donors (Lipinski definition) is 1. The smallest absolute Gasteiger partial charge is 0.274 e. The number of nitrogens with zero attached hydrogens (tertiary/aromatic N) is 3. The summed E-state index contributed by atoms with van der Waals surface area (Å²) in [5.41, 5.74) is 8.42. The second-order valence-corrected chi connectivity index (χ2v) is 8.17. The summed E-state index contributed by atoms with van der Waals surface area (Å²) in [4.78, 5) is 15.1. The summed E-state index contributed by atoms with van der Waals surface area (Å²) in [6.07, 6.45) is 3.17. The highest BCUT2D eigenvalue weighted by Gasteiger charge is 2.33. The second-order valence-electron chi connectivity index (χ2n) is 8.17. The summed E-state index contributed by atoms with van der Waals surface area (Å²) in [6.45, 7) is 8.21. The Labute approximate surface area is 156 Å². The molecule has 5 nitrogen and oxygen atoms in total. The fourth-order valence-corrected chi connectivity index (χ4v) is 3.21. The molecule has 1 aliphatic carbocycles. The zero-order valence-corrected chi connectivity index (χ0v) is 16.1. The van der Waals surface area contributed by atoms with Crippen LogP contribution in [0.25, 0.3) is 0 Å². The fourth-order valence-electron chi connectivity index (χ4n) is 3.21. The van der Waals surface area contributed by atoms with Crippen LogP contribution >= 0.6 is 0 Å². The van der Waals surface area contributed by atoms with E-state index in [1.807, 2.05) is 46.0 Å². The Morgan fingerprint density at radius 1 is 1.27 bits per heavy atom. The zero-order chi connectivity index (χ0) is 18.7. The van der Waals surface area contributed by atoms with Crippen LogP contribution in [0.3, 0.4) is 0 Å². The van der Waals surface area contributed by atoms with Crippen LogP contribution in [0.1, 0.15) is 67.7 Å². The largest absolute Gasteiger partial charge is 0.333 e. The molecule has 1 fully saturated rings. The number of aromatic nitrogens is 2. The van der Waals surface area contributed by atoms with E-state index in [1.54, 1.807) is 0 Å². The molecule has 0 aliphatic heterocycles. The number of carbonyl (C=O) groups excluding carboxylic acids is 1. The van der Waals surface area contributed by atoms with Gasteiger partial charge in [-0.25, -0.2) is 0 Å². The number of benzene rings is 1. The molecule has 5 heteroatoms. The van der Waals surface area contributed by atoms with Crippen molar-refractivity contribution in [3.8, 4) is 0 Å². The van der Waals surface area contributed by atoms with Gasteiger partial charge >= 0.3 is 0 Å². The molecule has 2 N–H and O–H groups in total. The van der Waals surface area contributed by atoms with Gasteiger partial charge in [-0.3, -0.25) is 9.48 Å². The number of rotatable bonds is 7. The third-order valence-electron chi connectivity index (χ3n) is 4.72. The van der Waals surface area contributed by atoms with Crippen molar-refractivity contribution in [1.29, 1.82) is 0 Å². The van der Waals surface area contributed by atoms with Gasteiger partial charge in [-0.05, 0) is 58.2 Å². The molecule has 26 heavy (non-hydrogen) atoms. The van der Waals surface area contributed by atoms with Crippen LogP contribution in [-0.2, 0) is 12.1 Å². The molecule has 0 radical (unpaired) electrons. The average molecular weight is 354 g/mol. The molecular weight excluding hydrogens is 324 g/mol. The van der Waals surface area contributed by atoms with Crippen LogP contribution < -0.4 is 5.73 Å². The van der Waals surface area contributed by atoms with Crippen molar-refractivity contribution >= 4 is 5.91 Å². The summed E-state index contributed by atoms with van der Waals surface area (Å²) in [5, 5.41) is 4.71. The van der Waals surface area contributed by atoms with Crippen LogP contribution in [0.15, 0.2) is 36.4 Å². The van der Waals surface area contributed by atoms with E-state index in [-0.39, 0.29) is 11.4 Å². The maximum Gasteiger partial charge on any atom is 0.274 e. The maximum absolute atomic E-state index is 13.2. The number of carbonyl (C=O) groups is 1. The lowest BCUT2D eigenvalue weighted by molar-refractivity contribution is 0.0734. The van der Waals surface area contributed by atoms with Gasteiger partial charge in [-0.1, -0.05) is 30.3 Å². The van der Waals surface area contributed by atoms with Crippen LogP contribution in [0, 0.1) is 0 Å². The van der Waals surface area contributed by atoms with E-state index in [2.05, 4.69) is 20.8 Å². The molecule has 140 valence electrons. The normalized spacial score (nSPS) is 14.5. The Hall–Kier alpha value is -2.14. The molecular formula is C21H30N4O. The highest BCUT2D eigenvalue weighted by molar-refractivity contribution is 5.92. The minimum absolute atomic E-state index is 0.00722. The first-order valence-corrected chi connectivity index (χ1v) is 9.54. The van der Waals surface area contributed by atoms with Gasteiger partial charge in [0.15, 0.2) is 5.69 Å². The van der Waals surface area contributed by atoms with Gasteiger partial charge in [0.2, 0.25) is 0 Å². The summed E-state index contributed by atoms with van der Waals surface area (Å²) in [6, 6.07) is 12.1. The Morgan fingerprint density at radius 2 is 1.96 bits per heavy atom. The van der Waals surface area contributed by atoms with Crippen molar-refractivity contribution in [2.24, 2.45) is 5.73 Å². The molecule has 2 aromatic rings. The van der Waals surface area contributed by atoms with Gasteiger partial charge in [-0.15, -0.1) is 0 Å². The zero-order valence-electron chi connectivity index (χ0n) is 16.1. The van der Waals surface area contributed by atoms with Gasteiger partial charge in [0.05, 0.1) is 5.54 Å². The van der Waals surface area contributed by atoms with Gasteiger partial charge in [0.25, 0.3) is 5.91 Å². The minimum atomic E-state index is -0.127. The van der Waals surface area contributed by atoms with Crippen LogP contribution in [0.2, 0.25) is 0 Å². The third-order valence-corrected chi connectivity index (χ3v) is 4.72. The van der Waals surface area contributed by atoms with Gasteiger partial charge in [0.1, 0.15) is 0 Å². The van der Waals surface area contributed by atoms with Crippen LogP contribution in [-0.4, -0.2) is 33.7 Å². The predicted octanol–water partition coefficient (Wildman–Crippen LogP) is 3.51. The molecule has 3 rings (SSSR count). The van der Waals surface area contributed by atoms with E-state index in [9.17, 15) is 4.79 Å². The molecule has 1 saturated carbocycles. The molecule has 0 atom stereocenters. The molecule has 1 heterocycles. The van der Waals surface area contributed by atoms with Crippen LogP contribution in [0.4, 0.5) is 0 Å². The Kier molecular flexibility index (Phi) is 5.47. The summed E-state index contributed by atoms with van der Waals surface area (Å²) in [7, 11) is 0. The monoisotopic (exact) mass is 354 g/mol. The molecule has 1 aliphatic rings. The van der Waals surface area contributed by atoms with Crippen molar-refractivity contribution in [2.45, 2.75) is 58.0 Å². The first-order chi connectivity index (χ1) is 12.4. The van der Waals surface area contributed by atoms with E-state index >= 15 is 0 Å². The first-order valence-electron chi connectivity index (χ1n) is 9.54. The Bertz CT molecular complexity index is 741. The lowest BCUT2D eigenvalue weighted by Crippen LogP contribution is -2.33. The lowest BCUT2D eigenvalue weighted by atomic mass is 10.1. The second kappa shape index (κ2) is 7.62.